The van der Waals surface area contributed by atoms with E-state index in [2.05, 4.69) is 0 Å². The number of likely N-dealkylation sites (N-methyl/N-ethyl adjacent to an activating group) is 1. The predicted molar refractivity (Wildman–Crippen MR) is 144 cm³/mol. The van der Waals surface area contributed by atoms with Crippen molar-refractivity contribution in [3.63, 3.8) is 0 Å². The number of nitrogens with zero attached hydrogens (tertiary/aromatic N) is 4. The first-order valence-corrected chi connectivity index (χ1v) is 12.1. The molecule has 2 amide bonds. The van der Waals surface area contributed by atoms with E-state index in [-0.39, 0.29) is 23.6 Å². The first-order valence-electron chi connectivity index (χ1n) is 12.1. The third-order valence-corrected chi connectivity index (χ3v) is 6.43. The third-order valence-electron chi connectivity index (χ3n) is 6.43. The lowest BCUT2D eigenvalue weighted by molar-refractivity contribution is -0.138. The number of ether oxygens (including phenoxy) is 1. The molecule has 1 aromatic heterocycles. The summed E-state index contributed by atoms with van der Waals surface area (Å²) in [5.74, 6) is -0.836. The van der Waals surface area contributed by atoms with Crippen molar-refractivity contribution in [3.8, 4) is 28.8 Å². The molecule has 0 N–H and O–H groups in total. The maximum absolute atomic E-state index is 13.2. The average molecular weight is 519 g/mol. The van der Waals surface area contributed by atoms with Crippen LogP contribution in [0.1, 0.15) is 18.1 Å². The maximum Gasteiger partial charge on any atom is 0.271 e. The van der Waals surface area contributed by atoms with Crippen LogP contribution in [0.15, 0.2) is 102 Å². The highest BCUT2D eigenvalue weighted by Gasteiger charge is 2.33. The first kappa shape index (κ1) is 25.4. The molecule has 7 nitrogen and oxygen atoms in total. The van der Waals surface area contributed by atoms with E-state index in [9.17, 15) is 19.2 Å². The number of nitriles is 1. The molecule has 0 unspecified atom stereocenters. The number of carbonyl (C=O) groups is 2. The molecule has 0 fully saturated rings. The number of halogens is 1. The molecule has 1 aliphatic rings. The monoisotopic (exact) mass is 518 g/mol. The molecule has 0 aliphatic carbocycles. The Balaban J connectivity index is 1.58. The van der Waals surface area contributed by atoms with Gasteiger partial charge in [-0.25, -0.2) is 9.07 Å². The highest BCUT2D eigenvalue weighted by Crippen LogP contribution is 2.32. The lowest BCUT2D eigenvalue weighted by Crippen LogP contribution is -2.39. The molecule has 0 saturated heterocycles. The summed E-state index contributed by atoms with van der Waals surface area (Å²) in [5.41, 5.74) is 4.07. The Hall–Kier alpha value is -5.29. The van der Waals surface area contributed by atoms with Gasteiger partial charge in [-0.3, -0.25) is 14.5 Å². The number of hydrogen-bond donors (Lipinski definition) is 0. The van der Waals surface area contributed by atoms with Gasteiger partial charge < -0.3 is 4.74 Å². The zero-order valence-electron chi connectivity index (χ0n) is 21.3. The Morgan fingerprint density at radius 3 is 2.46 bits per heavy atom. The summed E-state index contributed by atoms with van der Waals surface area (Å²) in [4.78, 5) is 26.4. The van der Waals surface area contributed by atoms with Crippen LogP contribution in [0.2, 0.25) is 0 Å². The smallest absolute Gasteiger partial charge is 0.271 e. The summed E-state index contributed by atoms with van der Waals surface area (Å²) in [6.07, 6.45) is 3.46. The van der Waals surface area contributed by atoms with E-state index in [0.717, 1.165) is 21.7 Å². The van der Waals surface area contributed by atoms with Gasteiger partial charge in [0.1, 0.15) is 35.5 Å². The zero-order valence-corrected chi connectivity index (χ0v) is 21.3. The number of rotatable bonds is 6. The summed E-state index contributed by atoms with van der Waals surface area (Å²) < 4.78 is 20.9. The predicted octanol–water partition coefficient (Wildman–Crippen LogP) is 5.48. The Labute approximate surface area is 224 Å². The van der Waals surface area contributed by atoms with Crippen LogP contribution in [0.25, 0.3) is 23.0 Å². The molecule has 3 aromatic carbocycles. The second-order valence-electron chi connectivity index (χ2n) is 9.00. The van der Waals surface area contributed by atoms with Gasteiger partial charge in [0.25, 0.3) is 11.8 Å². The van der Waals surface area contributed by atoms with Gasteiger partial charge in [0.15, 0.2) is 0 Å². The second-order valence-corrected chi connectivity index (χ2v) is 9.00. The van der Waals surface area contributed by atoms with Gasteiger partial charge in [0, 0.05) is 29.9 Å². The van der Waals surface area contributed by atoms with Gasteiger partial charge >= 0.3 is 0 Å². The van der Waals surface area contributed by atoms with Gasteiger partial charge in [-0.05, 0) is 60.5 Å². The number of imide groups is 1. The number of amides is 2. The summed E-state index contributed by atoms with van der Waals surface area (Å²) in [5, 5.41) is 14.3. The van der Waals surface area contributed by atoms with E-state index in [0.29, 0.717) is 22.6 Å². The molecule has 4 aromatic rings. The van der Waals surface area contributed by atoms with E-state index < -0.39 is 11.8 Å². The lowest BCUT2D eigenvalue weighted by atomic mass is 9.93. The normalized spacial score (nSPS) is 14.6. The minimum absolute atomic E-state index is 0.0726. The SMILES string of the molecule is CC1=C(C#N)C(=O)N(C)C(=O)/C1=C/c1cn(-c2ccccc2)nc1-c1cccc(OCc2ccc(F)cc2)c1. The summed E-state index contributed by atoms with van der Waals surface area (Å²) in [7, 11) is 1.36. The van der Waals surface area contributed by atoms with Crippen LogP contribution in [-0.2, 0) is 16.2 Å². The maximum atomic E-state index is 13.2. The van der Waals surface area contributed by atoms with Crippen LogP contribution >= 0.6 is 0 Å². The third kappa shape index (κ3) is 5.11. The highest BCUT2D eigenvalue weighted by atomic mass is 19.1. The van der Waals surface area contributed by atoms with Crippen LogP contribution in [0, 0.1) is 17.1 Å². The van der Waals surface area contributed by atoms with E-state index in [1.54, 1.807) is 36.0 Å². The van der Waals surface area contributed by atoms with Crippen molar-refractivity contribution in [2.24, 2.45) is 0 Å². The van der Waals surface area contributed by atoms with Gasteiger partial charge in [-0.1, -0.05) is 42.5 Å². The summed E-state index contributed by atoms with van der Waals surface area (Å²) >= 11 is 0. The van der Waals surface area contributed by atoms with Crippen molar-refractivity contribution in [2.45, 2.75) is 13.5 Å². The standard InChI is InChI=1S/C31H23FN4O3/c1-20-27(30(37)35(2)31(38)28(20)17-33)16-23-18-36(25-8-4-3-5-9-25)34-29(23)22-7-6-10-26(15-22)39-19-21-11-13-24(32)14-12-21/h3-16,18H,19H2,1-2H3/b27-16+. The van der Waals surface area contributed by atoms with Crippen molar-refractivity contribution >= 4 is 17.9 Å². The number of para-hydroxylation sites is 1. The van der Waals surface area contributed by atoms with Gasteiger partial charge in [-0.2, -0.15) is 10.4 Å². The number of aromatic nitrogens is 2. The lowest BCUT2D eigenvalue weighted by Gasteiger charge is -2.23. The average Bonchev–Trinajstić information content (AvgIpc) is 3.39. The first-order chi connectivity index (χ1) is 18.9. The number of benzene rings is 3. The molecule has 0 saturated carbocycles. The van der Waals surface area contributed by atoms with Crippen molar-refractivity contribution in [1.29, 1.82) is 5.26 Å². The van der Waals surface area contributed by atoms with Crippen molar-refractivity contribution in [2.75, 3.05) is 7.05 Å². The van der Waals surface area contributed by atoms with E-state index in [4.69, 9.17) is 9.84 Å². The fourth-order valence-corrected chi connectivity index (χ4v) is 4.26. The molecule has 8 heteroatoms. The largest absolute Gasteiger partial charge is 0.489 e. The molecule has 0 spiro atoms. The molecule has 0 atom stereocenters. The Kier molecular flexibility index (Phi) is 6.89. The van der Waals surface area contributed by atoms with E-state index in [1.807, 2.05) is 60.7 Å². The topological polar surface area (TPSA) is 88.2 Å². The molecule has 0 bridgehead atoms. The molecular weight excluding hydrogens is 495 g/mol. The van der Waals surface area contributed by atoms with E-state index in [1.165, 1.54) is 19.2 Å². The van der Waals surface area contributed by atoms with Crippen LogP contribution in [-0.4, -0.2) is 33.5 Å². The summed E-state index contributed by atoms with van der Waals surface area (Å²) in [6, 6.07) is 24.9. The Morgan fingerprint density at radius 2 is 1.74 bits per heavy atom. The molecule has 0 radical (unpaired) electrons. The second kappa shape index (κ2) is 10.6. The quantitative estimate of drug-likeness (QED) is 0.249. The number of hydrogen-bond acceptors (Lipinski definition) is 5. The van der Waals surface area contributed by atoms with Crippen molar-refractivity contribution < 1.29 is 18.7 Å². The van der Waals surface area contributed by atoms with E-state index >= 15 is 0 Å². The van der Waals surface area contributed by atoms with Gasteiger partial charge in [0.05, 0.1) is 5.69 Å². The molecular formula is C31H23FN4O3. The summed E-state index contributed by atoms with van der Waals surface area (Å²) in [6.45, 7) is 1.85. The number of carbonyl (C=O) groups excluding carboxylic acids is 2. The minimum Gasteiger partial charge on any atom is -0.489 e. The van der Waals surface area contributed by atoms with Crippen LogP contribution < -0.4 is 4.74 Å². The van der Waals surface area contributed by atoms with Crippen molar-refractivity contribution in [3.05, 3.63) is 119 Å². The zero-order chi connectivity index (χ0) is 27.5. The van der Waals surface area contributed by atoms with Gasteiger partial charge in [0.2, 0.25) is 0 Å². The molecule has 192 valence electrons. The van der Waals surface area contributed by atoms with Gasteiger partial charge in [-0.15, -0.1) is 0 Å². The molecule has 1 aliphatic heterocycles. The fourth-order valence-electron chi connectivity index (χ4n) is 4.26. The van der Waals surface area contributed by atoms with Crippen molar-refractivity contribution in [1.82, 2.24) is 14.7 Å². The Bertz CT molecular complexity index is 1680. The minimum atomic E-state index is -0.622. The Morgan fingerprint density at radius 1 is 1.00 bits per heavy atom. The highest BCUT2D eigenvalue weighted by molar-refractivity contribution is 6.19. The molecule has 2 heterocycles. The fraction of sp³-hybridized carbons (Fsp3) is 0.0968. The van der Waals surface area contributed by atoms with Crippen LogP contribution in [0.4, 0.5) is 4.39 Å². The van der Waals surface area contributed by atoms with Crippen LogP contribution in [0.5, 0.6) is 5.75 Å². The van der Waals surface area contributed by atoms with Crippen LogP contribution in [0.3, 0.4) is 0 Å². The molecule has 39 heavy (non-hydrogen) atoms. The molecule has 5 rings (SSSR count).